The van der Waals surface area contributed by atoms with Crippen LogP contribution in [0.4, 0.5) is 0 Å². The van der Waals surface area contributed by atoms with Gasteiger partial charge < -0.3 is 18.8 Å². The van der Waals surface area contributed by atoms with Gasteiger partial charge in [0.15, 0.2) is 0 Å². The predicted octanol–water partition coefficient (Wildman–Crippen LogP) is 6.88. The van der Waals surface area contributed by atoms with Gasteiger partial charge in [-0.3, -0.25) is 4.79 Å². The average molecular weight is 490 g/mol. The fourth-order valence-electron chi connectivity index (χ4n) is 3.59. The maximum absolute atomic E-state index is 12.0. The van der Waals surface area contributed by atoms with Crippen molar-refractivity contribution in [3.05, 3.63) is 91.3 Å². The first-order chi connectivity index (χ1) is 16.9. The van der Waals surface area contributed by atoms with Crippen molar-refractivity contribution in [1.82, 2.24) is 4.57 Å². The van der Waals surface area contributed by atoms with Crippen molar-refractivity contribution < 1.29 is 23.8 Å². The van der Waals surface area contributed by atoms with E-state index in [1.165, 1.54) is 6.92 Å². The number of esters is 2. The van der Waals surface area contributed by atoms with Gasteiger partial charge in [-0.15, -0.1) is 0 Å². The Morgan fingerprint density at radius 2 is 1.64 bits per heavy atom. The number of hydrogen-bond acceptors (Lipinski definition) is 5. The van der Waals surface area contributed by atoms with Crippen LogP contribution in [0.5, 0.6) is 5.75 Å². The van der Waals surface area contributed by atoms with E-state index in [0.717, 1.165) is 46.5 Å². The maximum atomic E-state index is 12.0. The molecule has 1 heterocycles. The van der Waals surface area contributed by atoms with Crippen molar-refractivity contribution in [2.45, 2.75) is 34.1 Å². The van der Waals surface area contributed by atoms with Gasteiger partial charge in [-0.2, -0.15) is 0 Å². The van der Waals surface area contributed by atoms with E-state index >= 15 is 0 Å². The highest BCUT2D eigenvalue weighted by Crippen LogP contribution is 2.37. The van der Waals surface area contributed by atoms with Gasteiger partial charge in [0.05, 0.1) is 25.4 Å². The Balaban J connectivity index is 0.00000456. The molecule has 0 atom stereocenters. The van der Waals surface area contributed by atoms with E-state index < -0.39 is 0 Å². The topological polar surface area (TPSA) is 66.8 Å². The summed E-state index contributed by atoms with van der Waals surface area (Å²) >= 11 is 0. The molecule has 0 aliphatic rings. The van der Waals surface area contributed by atoms with E-state index in [4.69, 9.17) is 14.2 Å². The Bertz CT molecular complexity index is 1190. The Labute approximate surface area is 213 Å². The van der Waals surface area contributed by atoms with Crippen molar-refractivity contribution >= 4 is 17.5 Å². The fourth-order valence-corrected chi connectivity index (χ4v) is 3.59. The molecule has 0 bridgehead atoms. The lowest BCUT2D eigenvalue weighted by molar-refractivity contribution is -0.141. The molecule has 3 aromatic rings. The summed E-state index contributed by atoms with van der Waals surface area (Å²) in [5, 5.41) is 0. The molecule has 0 aliphatic carbocycles. The number of ether oxygens (including phenoxy) is 3. The molecule has 190 valence electrons. The van der Waals surface area contributed by atoms with Crippen LogP contribution in [-0.4, -0.2) is 36.3 Å². The molecule has 0 saturated heterocycles. The summed E-state index contributed by atoms with van der Waals surface area (Å²) in [6, 6.07) is 15.1. The van der Waals surface area contributed by atoms with E-state index in [1.807, 2.05) is 53.4 Å². The zero-order valence-electron chi connectivity index (χ0n) is 20.3. The summed E-state index contributed by atoms with van der Waals surface area (Å²) in [7, 11) is 0. The first kappa shape index (κ1) is 28.2. The lowest BCUT2D eigenvalue weighted by Gasteiger charge is -2.12. The number of benzene rings is 2. The van der Waals surface area contributed by atoms with Gasteiger partial charge in [-0.25, -0.2) is 4.79 Å². The van der Waals surface area contributed by atoms with Crippen LogP contribution in [0.1, 0.15) is 50.0 Å². The number of hydrogen-bond donors (Lipinski definition) is 0. The summed E-state index contributed by atoms with van der Waals surface area (Å²) in [4.78, 5) is 22.9. The van der Waals surface area contributed by atoms with Crippen molar-refractivity contribution in [2.24, 2.45) is 0 Å². The molecule has 0 spiro atoms. The first-order valence-corrected chi connectivity index (χ1v) is 11.6. The molecule has 3 rings (SSSR count). The third-order valence-electron chi connectivity index (χ3n) is 5.37. The SMILES string of the molecule is C.C=CC(=C)c1cn(-c2ccc(C(=O)OCC)cc2)cc1-c1ccccc1OCCCCOC(C)=O. The quantitative estimate of drug-likeness (QED) is 0.158. The maximum Gasteiger partial charge on any atom is 0.338 e. The van der Waals surface area contributed by atoms with Crippen molar-refractivity contribution in [2.75, 3.05) is 19.8 Å². The highest BCUT2D eigenvalue weighted by molar-refractivity contribution is 5.90. The lowest BCUT2D eigenvalue weighted by atomic mass is 9.99. The second kappa shape index (κ2) is 13.7. The zero-order chi connectivity index (χ0) is 25.2. The summed E-state index contributed by atoms with van der Waals surface area (Å²) in [6.45, 7) is 12.5. The number of carbonyl (C=O) groups is 2. The minimum atomic E-state index is -0.341. The largest absolute Gasteiger partial charge is 0.493 e. The smallest absolute Gasteiger partial charge is 0.338 e. The standard InChI is InChI=1S/C29H31NO5.CH4/c1-5-21(3)26-19-30(24-15-13-23(14-16-24)29(32)33-6-2)20-27(26)25-11-7-8-12-28(25)35-18-10-9-17-34-22(4)31;/h5,7-8,11-16,19-20H,1,3,6,9-10,17-18H2,2,4H3;1H4. The number of aromatic nitrogens is 1. The Morgan fingerprint density at radius 1 is 0.944 bits per heavy atom. The molecule has 0 fully saturated rings. The third-order valence-corrected chi connectivity index (χ3v) is 5.37. The number of rotatable bonds is 12. The summed E-state index contributed by atoms with van der Waals surface area (Å²) < 4.78 is 18.1. The van der Waals surface area contributed by atoms with Crippen LogP contribution in [-0.2, 0) is 14.3 Å². The first-order valence-electron chi connectivity index (χ1n) is 11.6. The Morgan fingerprint density at radius 3 is 2.31 bits per heavy atom. The van der Waals surface area contributed by atoms with E-state index in [-0.39, 0.29) is 19.4 Å². The lowest BCUT2D eigenvalue weighted by Crippen LogP contribution is -2.04. The van der Waals surface area contributed by atoms with Gasteiger partial charge in [-0.05, 0) is 55.7 Å². The molecule has 36 heavy (non-hydrogen) atoms. The van der Waals surface area contributed by atoms with Gasteiger partial charge in [0, 0.05) is 41.7 Å². The molecule has 1 aromatic heterocycles. The summed E-state index contributed by atoms with van der Waals surface area (Å²) in [5.41, 5.74) is 5.02. The monoisotopic (exact) mass is 489 g/mol. The minimum absolute atomic E-state index is 0. The van der Waals surface area contributed by atoms with Crippen LogP contribution in [0.3, 0.4) is 0 Å². The number of carbonyl (C=O) groups excluding carboxylic acids is 2. The van der Waals surface area contributed by atoms with Crippen LogP contribution in [0.15, 0.2) is 80.2 Å². The molecule has 6 heteroatoms. The van der Waals surface area contributed by atoms with Gasteiger partial charge in [-0.1, -0.05) is 44.9 Å². The van der Waals surface area contributed by atoms with Crippen molar-refractivity contribution in [1.29, 1.82) is 0 Å². The highest BCUT2D eigenvalue weighted by Gasteiger charge is 2.16. The third kappa shape index (κ3) is 7.22. The van der Waals surface area contributed by atoms with Crippen LogP contribution >= 0.6 is 0 Å². The number of para-hydroxylation sites is 1. The van der Waals surface area contributed by atoms with Crippen LogP contribution in [0.2, 0.25) is 0 Å². The molecule has 0 unspecified atom stereocenters. The predicted molar refractivity (Wildman–Crippen MR) is 144 cm³/mol. The number of nitrogens with zero attached hydrogens (tertiary/aromatic N) is 1. The van der Waals surface area contributed by atoms with Crippen LogP contribution < -0.4 is 4.74 Å². The molecule has 0 amide bonds. The van der Waals surface area contributed by atoms with Gasteiger partial charge in [0.2, 0.25) is 0 Å². The number of unbranched alkanes of at least 4 members (excludes halogenated alkanes) is 1. The van der Waals surface area contributed by atoms with Gasteiger partial charge >= 0.3 is 11.9 Å². The average Bonchev–Trinajstić information content (AvgIpc) is 3.31. The second-order valence-corrected chi connectivity index (χ2v) is 7.88. The molecular weight excluding hydrogens is 454 g/mol. The highest BCUT2D eigenvalue weighted by atomic mass is 16.5. The fraction of sp³-hybridized carbons (Fsp3) is 0.267. The molecular formula is C30H35NO5. The molecule has 0 radical (unpaired) electrons. The minimum Gasteiger partial charge on any atom is -0.493 e. The van der Waals surface area contributed by atoms with E-state index in [9.17, 15) is 9.59 Å². The zero-order valence-corrected chi connectivity index (χ0v) is 20.3. The Hall–Kier alpha value is -4.06. The van der Waals surface area contributed by atoms with Crippen LogP contribution in [0, 0.1) is 0 Å². The summed E-state index contributed by atoms with van der Waals surface area (Å²) in [6.07, 6.45) is 7.24. The van der Waals surface area contributed by atoms with E-state index in [2.05, 4.69) is 13.2 Å². The Kier molecular flexibility index (Phi) is 10.7. The number of allylic oxidation sites excluding steroid dienone is 2. The van der Waals surface area contributed by atoms with E-state index in [1.54, 1.807) is 25.1 Å². The normalized spacial score (nSPS) is 10.2. The molecule has 0 aliphatic heterocycles. The molecule has 0 saturated carbocycles. The summed E-state index contributed by atoms with van der Waals surface area (Å²) in [5.74, 6) is 0.145. The second-order valence-electron chi connectivity index (χ2n) is 7.88. The van der Waals surface area contributed by atoms with E-state index in [0.29, 0.717) is 25.4 Å². The van der Waals surface area contributed by atoms with Gasteiger partial charge in [0.25, 0.3) is 0 Å². The van der Waals surface area contributed by atoms with Gasteiger partial charge in [0.1, 0.15) is 5.75 Å². The van der Waals surface area contributed by atoms with Crippen LogP contribution in [0.25, 0.3) is 22.4 Å². The molecule has 0 N–H and O–H groups in total. The molecule has 2 aromatic carbocycles. The molecule has 6 nitrogen and oxygen atoms in total. The van der Waals surface area contributed by atoms with Crippen molar-refractivity contribution in [3.63, 3.8) is 0 Å². The van der Waals surface area contributed by atoms with Crippen molar-refractivity contribution in [3.8, 4) is 22.6 Å².